The van der Waals surface area contributed by atoms with Gasteiger partial charge in [-0.3, -0.25) is 4.79 Å². The Hall–Kier alpha value is -2.40. The number of nitrogens with zero attached hydrogens (tertiary/aromatic N) is 1. The Morgan fingerprint density at radius 2 is 1.78 bits per heavy atom. The van der Waals surface area contributed by atoms with Crippen LogP contribution in [0.4, 0.5) is 10.1 Å². The first-order chi connectivity index (χ1) is 11.0. The smallest absolute Gasteiger partial charge is 0.264 e. The van der Waals surface area contributed by atoms with Crippen LogP contribution in [0.3, 0.4) is 0 Å². The molecular formula is C18H15FN2OS. The van der Waals surface area contributed by atoms with E-state index in [1.807, 2.05) is 32.0 Å². The fourth-order valence-corrected chi connectivity index (χ4v) is 3.12. The van der Waals surface area contributed by atoms with E-state index in [1.54, 1.807) is 24.3 Å². The number of amides is 1. The third-order valence-electron chi connectivity index (χ3n) is 3.50. The number of para-hydroxylation sites is 1. The van der Waals surface area contributed by atoms with E-state index in [1.165, 1.54) is 17.8 Å². The second-order valence-corrected chi connectivity index (χ2v) is 6.27. The van der Waals surface area contributed by atoms with Crippen molar-refractivity contribution >= 4 is 34.6 Å². The summed E-state index contributed by atoms with van der Waals surface area (Å²) in [6.45, 7) is 3.95. The quantitative estimate of drug-likeness (QED) is 0.834. The Kier molecular flexibility index (Phi) is 4.30. The molecule has 1 N–H and O–H groups in total. The van der Waals surface area contributed by atoms with E-state index in [9.17, 15) is 9.18 Å². The van der Waals surface area contributed by atoms with Gasteiger partial charge in [-0.05, 0) is 48.9 Å². The lowest BCUT2D eigenvalue weighted by atomic mass is 10.1. The van der Waals surface area contributed by atoms with Crippen LogP contribution in [-0.4, -0.2) is 11.1 Å². The number of rotatable bonds is 2. The Labute approximate surface area is 138 Å². The monoisotopic (exact) mass is 326 g/mol. The maximum absolute atomic E-state index is 13.7. The molecule has 0 saturated carbocycles. The molecule has 116 valence electrons. The van der Waals surface area contributed by atoms with Crippen molar-refractivity contribution in [3.63, 3.8) is 0 Å². The summed E-state index contributed by atoms with van der Waals surface area (Å²) < 4.78 is 13.7. The molecule has 0 aromatic heterocycles. The highest BCUT2D eigenvalue weighted by Crippen LogP contribution is 2.30. The number of thioether (sulfide) groups is 1. The van der Waals surface area contributed by atoms with Crippen molar-refractivity contribution in [3.05, 3.63) is 69.9 Å². The number of halogens is 1. The van der Waals surface area contributed by atoms with Gasteiger partial charge in [0.15, 0.2) is 5.17 Å². The SMILES string of the molecule is Cc1cccc(C)c1N=C1NC(=O)/C(=C\c2ccccc2F)S1. The van der Waals surface area contributed by atoms with E-state index in [4.69, 9.17) is 0 Å². The molecular weight excluding hydrogens is 311 g/mol. The minimum Gasteiger partial charge on any atom is -0.300 e. The molecule has 3 rings (SSSR count). The molecule has 1 saturated heterocycles. The molecule has 3 nitrogen and oxygen atoms in total. The molecule has 0 unspecified atom stereocenters. The molecule has 0 atom stereocenters. The summed E-state index contributed by atoms with van der Waals surface area (Å²) in [5.74, 6) is -0.614. The average molecular weight is 326 g/mol. The zero-order valence-corrected chi connectivity index (χ0v) is 13.6. The van der Waals surface area contributed by atoms with E-state index in [0.717, 1.165) is 16.8 Å². The fraction of sp³-hybridized carbons (Fsp3) is 0.111. The highest BCUT2D eigenvalue weighted by Gasteiger charge is 2.24. The van der Waals surface area contributed by atoms with Gasteiger partial charge >= 0.3 is 0 Å². The second kappa shape index (κ2) is 6.38. The van der Waals surface area contributed by atoms with Gasteiger partial charge in [0.25, 0.3) is 5.91 Å². The Bertz CT molecular complexity index is 822. The number of hydrogen-bond acceptors (Lipinski definition) is 3. The van der Waals surface area contributed by atoms with Crippen molar-refractivity contribution < 1.29 is 9.18 Å². The second-order valence-electron chi connectivity index (χ2n) is 5.24. The predicted molar refractivity (Wildman–Crippen MR) is 93.1 cm³/mol. The van der Waals surface area contributed by atoms with Gasteiger partial charge in [-0.1, -0.05) is 36.4 Å². The minimum atomic E-state index is -0.353. The summed E-state index contributed by atoms with van der Waals surface area (Å²) >= 11 is 1.22. The Morgan fingerprint density at radius 1 is 1.09 bits per heavy atom. The van der Waals surface area contributed by atoms with Crippen LogP contribution >= 0.6 is 11.8 Å². The van der Waals surface area contributed by atoms with E-state index in [2.05, 4.69) is 10.3 Å². The Balaban J connectivity index is 1.91. The van der Waals surface area contributed by atoms with Crippen LogP contribution in [0.25, 0.3) is 6.08 Å². The molecule has 2 aromatic rings. The topological polar surface area (TPSA) is 41.5 Å². The third-order valence-corrected chi connectivity index (χ3v) is 4.41. The maximum Gasteiger partial charge on any atom is 0.264 e. The van der Waals surface area contributed by atoms with Crippen LogP contribution in [0.2, 0.25) is 0 Å². The number of nitrogens with one attached hydrogen (secondary N) is 1. The van der Waals surface area contributed by atoms with Crippen molar-refractivity contribution in [2.45, 2.75) is 13.8 Å². The number of benzene rings is 2. The van der Waals surface area contributed by atoms with Gasteiger partial charge in [0.1, 0.15) is 5.82 Å². The summed E-state index contributed by atoms with van der Waals surface area (Å²) in [4.78, 5) is 17.0. The molecule has 1 aliphatic heterocycles. The average Bonchev–Trinajstić information content (AvgIpc) is 2.85. The lowest BCUT2D eigenvalue weighted by molar-refractivity contribution is -0.115. The molecule has 1 heterocycles. The number of amidine groups is 1. The van der Waals surface area contributed by atoms with E-state index in [-0.39, 0.29) is 11.7 Å². The zero-order chi connectivity index (χ0) is 16.4. The van der Waals surface area contributed by atoms with Gasteiger partial charge in [0.05, 0.1) is 10.6 Å². The molecule has 23 heavy (non-hydrogen) atoms. The molecule has 0 radical (unpaired) electrons. The van der Waals surface area contributed by atoms with E-state index < -0.39 is 0 Å². The number of aliphatic imine (C=N–C) groups is 1. The van der Waals surface area contributed by atoms with Crippen LogP contribution in [0.5, 0.6) is 0 Å². The first-order valence-corrected chi connectivity index (χ1v) is 7.96. The van der Waals surface area contributed by atoms with Gasteiger partial charge in [-0.25, -0.2) is 9.38 Å². The van der Waals surface area contributed by atoms with Crippen molar-refractivity contribution in [1.82, 2.24) is 5.32 Å². The third kappa shape index (κ3) is 3.35. The summed E-state index contributed by atoms with van der Waals surface area (Å²) in [6, 6.07) is 12.3. The molecule has 1 amide bonds. The van der Waals surface area contributed by atoms with Crippen molar-refractivity contribution in [2.75, 3.05) is 0 Å². The minimum absolute atomic E-state index is 0.261. The van der Waals surface area contributed by atoms with Crippen molar-refractivity contribution in [1.29, 1.82) is 0 Å². The largest absolute Gasteiger partial charge is 0.300 e. The lowest BCUT2D eigenvalue weighted by Crippen LogP contribution is -2.19. The van der Waals surface area contributed by atoms with Gasteiger partial charge in [-0.15, -0.1) is 0 Å². The highest BCUT2D eigenvalue weighted by atomic mass is 32.2. The first kappa shape index (κ1) is 15.5. The molecule has 1 aliphatic rings. The van der Waals surface area contributed by atoms with Crippen LogP contribution < -0.4 is 5.32 Å². The van der Waals surface area contributed by atoms with Crippen LogP contribution in [0.15, 0.2) is 52.4 Å². The molecule has 0 aliphatic carbocycles. The predicted octanol–water partition coefficient (Wildman–Crippen LogP) is 4.33. The normalized spacial score (nSPS) is 17.8. The van der Waals surface area contributed by atoms with Gasteiger partial charge < -0.3 is 5.32 Å². The zero-order valence-electron chi connectivity index (χ0n) is 12.8. The van der Waals surface area contributed by atoms with E-state index >= 15 is 0 Å². The summed E-state index contributed by atoms with van der Waals surface area (Å²) in [5.41, 5.74) is 3.32. The van der Waals surface area contributed by atoms with Crippen molar-refractivity contribution in [2.24, 2.45) is 4.99 Å². The van der Waals surface area contributed by atoms with Gasteiger partial charge in [0.2, 0.25) is 0 Å². The highest BCUT2D eigenvalue weighted by molar-refractivity contribution is 8.18. The molecule has 1 fully saturated rings. The van der Waals surface area contributed by atoms with E-state index in [0.29, 0.717) is 15.6 Å². The number of carbonyl (C=O) groups is 1. The van der Waals surface area contributed by atoms with Crippen LogP contribution in [0, 0.1) is 19.7 Å². The number of hydrogen-bond donors (Lipinski definition) is 1. The lowest BCUT2D eigenvalue weighted by Gasteiger charge is -2.04. The van der Waals surface area contributed by atoms with Crippen LogP contribution in [0.1, 0.15) is 16.7 Å². The Morgan fingerprint density at radius 3 is 2.48 bits per heavy atom. The summed E-state index contributed by atoms with van der Waals surface area (Å²) in [7, 11) is 0. The fourth-order valence-electron chi connectivity index (χ4n) is 2.30. The molecule has 0 spiro atoms. The number of aryl methyl sites for hydroxylation is 2. The maximum atomic E-state index is 13.7. The molecule has 0 bridgehead atoms. The first-order valence-electron chi connectivity index (χ1n) is 7.15. The van der Waals surface area contributed by atoms with Gasteiger partial charge in [-0.2, -0.15) is 0 Å². The van der Waals surface area contributed by atoms with Gasteiger partial charge in [0, 0.05) is 5.56 Å². The summed E-state index contributed by atoms with van der Waals surface area (Å²) in [5, 5.41) is 3.24. The standard InChI is InChI=1S/C18H15FN2OS/c1-11-6-5-7-12(2)16(11)20-18-21-17(22)15(23-18)10-13-8-3-4-9-14(13)19/h3-10H,1-2H3,(H,20,21,22)/b15-10+. The van der Waals surface area contributed by atoms with Crippen molar-refractivity contribution in [3.8, 4) is 0 Å². The number of carbonyl (C=O) groups excluding carboxylic acids is 1. The van der Waals surface area contributed by atoms with Crippen LogP contribution in [-0.2, 0) is 4.79 Å². The summed E-state index contributed by atoms with van der Waals surface area (Å²) in [6.07, 6.45) is 1.54. The molecule has 5 heteroatoms. The molecule has 2 aromatic carbocycles.